The molecule has 0 radical (unpaired) electrons. The summed E-state index contributed by atoms with van der Waals surface area (Å²) in [6.45, 7) is -0.342. The third-order valence-corrected chi connectivity index (χ3v) is 4.81. The Hall–Kier alpha value is -3.70. The number of benzene rings is 3. The molecule has 5 N–H and O–H groups in total. The average molecular weight is 499 g/mol. The first-order valence-corrected chi connectivity index (χ1v) is 10.3. The van der Waals surface area contributed by atoms with Gasteiger partial charge in [0.05, 0.1) is 24.2 Å². The Labute approximate surface area is 208 Å². The molecular weight excluding hydrogens is 477 g/mol. The van der Waals surface area contributed by atoms with Gasteiger partial charge < -0.3 is 30.8 Å². The third kappa shape index (κ3) is 6.90. The summed E-state index contributed by atoms with van der Waals surface area (Å²) in [5, 5.41) is 32.0. The molecule has 0 saturated heterocycles. The average Bonchev–Trinajstić information content (AvgIpc) is 2.81. The molecule has 0 aliphatic heterocycles. The van der Waals surface area contributed by atoms with E-state index in [-0.39, 0.29) is 47.8 Å². The molecule has 1 atom stereocenters. The molecule has 0 bridgehead atoms. The quantitative estimate of drug-likeness (QED) is 0.214. The zero-order chi connectivity index (χ0) is 23.8. The van der Waals surface area contributed by atoms with E-state index in [0.717, 1.165) is 5.56 Å². The van der Waals surface area contributed by atoms with E-state index >= 15 is 0 Å². The lowest BCUT2D eigenvalue weighted by Crippen LogP contribution is -2.34. The Kier molecular flexibility index (Phi) is 9.77. The van der Waals surface area contributed by atoms with Gasteiger partial charge in [0.15, 0.2) is 0 Å². The van der Waals surface area contributed by atoms with Crippen LogP contribution in [0.2, 0.25) is 5.02 Å². The number of hydrogen-bond acceptors (Lipinski definition) is 6. The van der Waals surface area contributed by atoms with Crippen molar-refractivity contribution >= 4 is 41.5 Å². The van der Waals surface area contributed by atoms with E-state index in [1.54, 1.807) is 30.3 Å². The predicted molar refractivity (Wildman–Crippen MR) is 133 cm³/mol. The summed E-state index contributed by atoms with van der Waals surface area (Å²) in [6, 6.07) is 17.3. The number of amidine groups is 1. The number of carbonyl (C=O) groups is 1. The number of rotatable bonds is 8. The van der Waals surface area contributed by atoms with Crippen molar-refractivity contribution in [3.63, 3.8) is 0 Å². The molecule has 0 aliphatic carbocycles. The highest BCUT2D eigenvalue weighted by atomic mass is 35.5. The molecule has 0 aliphatic rings. The van der Waals surface area contributed by atoms with Crippen LogP contribution in [-0.4, -0.2) is 30.1 Å². The number of carboxylic acid groups (broad SMARTS) is 1. The van der Waals surface area contributed by atoms with Crippen LogP contribution in [0.4, 0.5) is 5.69 Å². The second-order valence-electron chi connectivity index (χ2n) is 6.95. The molecular formula is C25H22Cl2N3O4-. The van der Waals surface area contributed by atoms with Gasteiger partial charge in [-0.1, -0.05) is 41.6 Å². The van der Waals surface area contributed by atoms with Crippen molar-refractivity contribution in [1.29, 1.82) is 5.41 Å². The van der Waals surface area contributed by atoms with Crippen LogP contribution in [0.25, 0.3) is 0 Å². The number of aliphatic carboxylic acids is 1. The normalized spacial score (nSPS) is 10.8. The van der Waals surface area contributed by atoms with Crippen LogP contribution in [0.15, 0.2) is 66.7 Å². The van der Waals surface area contributed by atoms with Crippen LogP contribution >= 0.6 is 24.0 Å². The van der Waals surface area contributed by atoms with Crippen LogP contribution in [-0.2, 0) is 4.79 Å². The molecule has 34 heavy (non-hydrogen) atoms. The van der Waals surface area contributed by atoms with E-state index in [2.05, 4.69) is 17.2 Å². The van der Waals surface area contributed by atoms with Crippen molar-refractivity contribution in [2.75, 3.05) is 18.5 Å². The van der Waals surface area contributed by atoms with E-state index in [0.29, 0.717) is 16.8 Å². The number of carboxylic acids is 1. The minimum atomic E-state index is -1.41. The minimum Gasteiger partial charge on any atom is -0.548 e. The summed E-state index contributed by atoms with van der Waals surface area (Å²) in [5.41, 5.74) is 7.75. The van der Waals surface area contributed by atoms with Crippen LogP contribution < -0.4 is 20.9 Å². The summed E-state index contributed by atoms with van der Waals surface area (Å²) >= 11 is 6.29. The van der Waals surface area contributed by atoms with Gasteiger partial charge in [0.2, 0.25) is 0 Å². The number of ether oxygens (including phenoxy) is 1. The first-order chi connectivity index (χ1) is 15.9. The molecule has 7 nitrogen and oxygen atoms in total. The molecule has 3 rings (SSSR count). The molecule has 0 fully saturated rings. The van der Waals surface area contributed by atoms with Crippen LogP contribution in [0.1, 0.15) is 28.3 Å². The fraction of sp³-hybridized carbons (Fsp3) is 0.120. The van der Waals surface area contributed by atoms with Gasteiger partial charge in [-0.3, -0.25) is 5.41 Å². The highest BCUT2D eigenvalue weighted by molar-refractivity contribution is 6.30. The maximum absolute atomic E-state index is 12.1. The van der Waals surface area contributed by atoms with Gasteiger partial charge in [-0.2, -0.15) is 0 Å². The Morgan fingerprint density at radius 3 is 2.41 bits per heavy atom. The minimum absolute atomic E-state index is 0. The first-order valence-electron chi connectivity index (χ1n) is 9.95. The zero-order valence-corrected chi connectivity index (χ0v) is 19.5. The lowest BCUT2D eigenvalue weighted by atomic mass is 10.0. The van der Waals surface area contributed by atoms with Crippen molar-refractivity contribution in [1.82, 2.24) is 0 Å². The van der Waals surface area contributed by atoms with Crippen molar-refractivity contribution in [2.45, 2.75) is 6.04 Å². The highest BCUT2D eigenvalue weighted by Gasteiger charge is 2.21. The van der Waals surface area contributed by atoms with Gasteiger partial charge in [0.1, 0.15) is 18.2 Å². The molecule has 0 spiro atoms. The van der Waals surface area contributed by atoms with Crippen LogP contribution in [0.5, 0.6) is 5.75 Å². The number of anilines is 1. The molecule has 3 aromatic rings. The molecule has 0 amide bonds. The topological polar surface area (TPSA) is 131 Å². The standard InChI is InChI=1S/C25H22ClN3O4.ClH/c26-19-14-18(7-6-16-4-2-1-3-5-16)23(33-13-12-30)21(15-19)22(25(31)32)29-20-10-8-17(9-11-20)24(27)28;/h1-5,8-11,14-15,22,29-30H,12-13H2,(H3,27,28)(H,31,32);1H/p-1. The third-order valence-electron chi connectivity index (χ3n) is 4.59. The summed E-state index contributed by atoms with van der Waals surface area (Å²) in [7, 11) is 0. The second kappa shape index (κ2) is 12.5. The highest BCUT2D eigenvalue weighted by Crippen LogP contribution is 2.34. The maximum Gasteiger partial charge on any atom is 0.140 e. The molecule has 0 aromatic heterocycles. The number of aliphatic hydroxyl groups is 1. The smallest absolute Gasteiger partial charge is 0.140 e. The van der Waals surface area contributed by atoms with E-state index in [9.17, 15) is 15.0 Å². The summed E-state index contributed by atoms with van der Waals surface area (Å²) in [6.07, 6.45) is 0. The van der Waals surface area contributed by atoms with Gasteiger partial charge in [-0.05, 0) is 48.5 Å². The van der Waals surface area contributed by atoms with Crippen LogP contribution in [0, 0.1) is 17.3 Å². The number of halogens is 2. The largest absolute Gasteiger partial charge is 0.548 e. The Morgan fingerprint density at radius 2 is 1.82 bits per heavy atom. The fourth-order valence-electron chi connectivity index (χ4n) is 3.07. The first kappa shape index (κ1) is 26.6. The zero-order valence-electron chi connectivity index (χ0n) is 17.9. The number of nitrogens with two attached hydrogens (primary N) is 1. The van der Waals surface area contributed by atoms with Gasteiger partial charge in [0, 0.05) is 27.4 Å². The summed E-state index contributed by atoms with van der Waals surface area (Å²) in [4.78, 5) is 12.1. The fourth-order valence-corrected chi connectivity index (χ4v) is 3.29. The second-order valence-corrected chi connectivity index (χ2v) is 7.38. The number of nitrogens with one attached hydrogen (secondary N) is 2. The van der Waals surface area contributed by atoms with E-state index in [1.807, 2.05) is 30.3 Å². The molecule has 0 saturated carbocycles. The number of aliphatic hydroxyl groups excluding tert-OH is 1. The van der Waals surface area contributed by atoms with Crippen molar-refractivity contribution in [2.24, 2.45) is 5.73 Å². The Bertz CT molecular complexity index is 1210. The summed E-state index contributed by atoms with van der Waals surface area (Å²) < 4.78 is 5.69. The van der Waals surface area contributed by atoms with Gasteiger partial charge in [-0.15, -0.1) is 12.4 Å². The van der Waals surface area contributed by atoms with E-state index in [4.69, 9.17) is 27.5 Å². The molecule has 0 heterocycles. The Balaban J connectivity index is 0.00000408. The van der Waals surface area contributed by atoms with E-state index in [1.165, 1.54) is 6.07 Å². The number of nitrogen functional groups attached to an aromatic ring is 1. The molecule has 176 valence electrons. The monoisotopic (exact) mass is 498 g/mol. The van der Waals surface area contributed by atoms with Gasteiger partial charge in [-0.25, -0.2) is 0 Å². The van der Waals surface area contributed by atoms with Crippen molar-refractivity contribution in [3.05, 3.63) is 94.0 Å². The maximum atomic E-state index is 12.1. The van der Waals surface area contributed by atoms with Crippen LogP contribution in [0.3, 0.4) is 0 Å². The molecule has 3 aromatic carbocycles. The van der Waals surface area contributed by atoms with Gasteiger partial charge in [0.25, 0.3) is 0 Å². The lowest BCUT2D eigenvalue weighted by Gasteiger charge is -2.25. The molecule has 1 unspecified atom stereocenters. The summed E-state index contributed by atoms with van der Waals surface area (Å²) in [5.74, 6) is 4.64. The Morgan fingerprint density at radius 1 is 1.15 bits per heavy atom. The SMILES string of the molecule is Cl.N=C(N)c1ccc(NC(C(=O)[O-])c2cc(Cl)cc(C#Cc3ccccc3)c2OCCO)cc1. The lowest BCUT2D eigenvalue weighted by molar-refractivity contribution is -0.307. The van der Waals surface area contributed by atoms with Gasteiger partial charge >= 0.3 is 0 Å². The van der Waals surface area contributed by atoms with Crippen molar-refractivity contribution in [3.8, 4) is 17.6 Å². The van der Waals surface area contributed by atoms with E-state index < -0.39 is 12.0 Å². The number of carbonyl (C=O) groups excluding carboxylic acids is 1. The molecule has 9 heteroatoms. The number of hydrogen-bond donors (Lipinski definition) is 4. The predicted octanol–water partition coefficient (Wildman–Crippen LogP) is 2.72. The van der Waals surface area contributed by atoms with Crippen molar-refractivity contribution < 1.29 is 19.7 Å².